The van der Waals surface area contributed by atoms with E-state index in [1.165, 1.54) is 9.35 Å². The predicted molar refractivity (Wildman–Crippen MR) is 67.1 cm³/mol. The minimum atomic E-state index is 0.323. The van der Waals surface area contributed by atoms with Crippen molar-refractivity contribution in [2.75, 3.05) is 13.2 Å². The van der Waals surface area contributed by atoms with Crippen LogP contribution in [0.1, 0.15) is 18.2 Å². The third-order valence-corrected chi connectivity index (χ3v) is 5.23. The zero-order valence-corrected chi connectivity index (χ0v) is 11.2. The number of hydrogen-bond acceptors (Lipinski definition) is 3. The highest BCUT2D eigenvalue weighted by Crippen LogP contribution is 2.29. The number of aliphatic hydroxyl groups is 1. The zero-order chi connectivity index (χ0) is 10.8. The summed E-state index contributed by atoms with van der Waals surface area (Å²) in [5.74, 6) is 0.462. The fourth-order valence-electron chi connectivity index (χ4n) is 2.16. The summed E-state index contributed by atoms with van der Waals surface area (Å²) >= 11 is 5.36. The van der Waals surface area contributed by atoms with Gasteiger partial charge in [-0.25, -0.2) is 0 Å². The van der Waals surface area contributed by atoms with Gasteiger partial charge in [-0.2, -0.15) is 0 Å². The van der Waals surface area contributed by atoms with Gasteiger partial charge in [0.25, 0.3) is 0 Å². The zero-order valence-electron chi connectivity index (χ0n) is 8.82. The molecule has 1 aromatic heterocycles. The molecule has 0 aliphatic carbocycles. The molecule has 2 unspecified atom stereocenters. The van der Waals surface area contributed by atoms with E-state index in [0.717, 1.165) is 19.5 Å². The minimum absolute atomic E-state index is 0.323. The molecule has 0 radical (unpaired) electrons. The molecule has 1 aromatic rings. The smallest absolute Gasteiger partial charge is 0.0474 e. The van der Waals surface area contributed by atoms with Gasteiger partial charge in [0.15, 0.2) is 0 Å². The molecule has 2 atom stereocenters. The van der Waals surface area contributed by atoms with Crippen molar-refractivity contribution >= 4 is 27.3 Å². The summed E-state index contributed by atoms with van der Waals surface area (Å²) in [6.45, 7) is 4.66. The van der Waals surface area contributed by atoms with Gasteiger partial charge in [0.05, 0.1) is 0 Å². The van der Waals surface area contributed by atoms with Gasteiger partial charge in [0, 0.05) is 28.5 Å². The first-order valence-corrected chi connectivity index (χ1v) is 6.96. The third kappa shape index (κ3) is 2.44. The average molecular weight is 290 g/mol. The van der Waals surface area contributed by atoms with Crippen LogP contribution < -0.4 is 0 Å². The van der Waals surface area contributed by atoms with Crippen molar-refractivity contribution in [3.05, 3.63) is 20.8 Å². The molecule has 15 heavy (non-hydrogen) atoms. The molecule has 1 fully saturated rings. The Morgan fingerprint density at radius 1 is 1.67 bits per heavy atom. The highest BCUT2D eigenvalue weighted by Gasteiger charge is 2.30. The molecule has 1 aliphatic heterocycles. The largest absolute Gasteiger partial charge is 0.396 e. The van der Waals surface area contributed by atoms with E-state index in [1.807, 2.05) is 0 Å². The van der Waals surface area contributed by atoms with Gasteiger partial charge >= 0.3 is 0 Å². The van der Waals surface area contributed by atoms with E-state index < -0.39 is 0 Å². The van der Waals surface area contributed by atoms with Gasteiger partial charge in [-0.3, -0.25) is 4.90 Å². The van der Waals surface area contributed by atoms with Gasteiger partial charge in [-0.15, -0.1) is 11.3 Å². The van der Waals surface area contributed by atoms with E-state index in [0.29, 0.717) is 18.6 Å². The summed E-state index contributed by atoms with van der Waals surface area (Å²) in [6, 6.07) is 2.61. The second-order valence-corrected chi connectivity index (χ2v) is 5.99. The average Bonchev–Trinajstić information content (AvgIpc) is 2.77. The maximum Gasteiger partial charge on any atom is 0.0474 e. The number of hydrogen-bond donors (Lipinski definition) is 1. The molecule has 0 bridgehead atoms. The van der Waals surface area contributed by atoms with E-state index in [-0.39, 0.29) is 0 Å². The van der Waals surface area contributed by atoms with Gasteiger partial charge in [-0.05, 0) is 53.2 Å². The van der Waals surface area contributed by atoms with Crippen LogP contribution in [0.25, 0.3) is 0 Å². The summed E-state index contributed by atoms with van der Waals surface area (Å²) in [6.07, 6.45) is 1.13. The predicted octanol–water partition coefficient (Wildman–Crippen LogP) is 2.71. The molecular weight excluding hydrogens is 274 g/mol. The third-order valence-electron chi connectivity index (χ3n) is 3.32. The fraction of sp³-hybridized carbons (Fsp3) is 0.636. The van der Waals surface area contributed by atoms with Gasteiger partial charge in [0.2, 0.25) is 0 Å². The van der Waals surface area contributed by atoms with Crippen molar-refractivity contribution < 1.29 is 5.11 Å². The number of likely N-dealkylation sites (tertiary alicyclic amines) is 1. The van der Waals surface area contributed by atoms with Crippen LogP contribution in [0.15, 0.2) is 15.9 Å². The summed E-state index contributed by atoms with van der Waals surface area (Å²) in [4.78, 5) is 3.85. The number of aliphatic hydroxyl groups excluding tert-OH is 1. The number of rotatable bonds is 3. The molecule has 0 spiro atoms. The van der Waals surface area contributed by atoms with E-state index in [1.54, 1.807) is 11.3 Å². The minimum Gasteiger partial charge on any atom is -0.396 e. The monoisotopic (exact) mass is 289 g/mol. The normalized spacial score (nSPS) is 27.4. The molecule has 0 amide bonds. The summed E-state index contributed by atoms with van der Waals surface area (Å²) in [5, 5.41) is 11.3. The van der Waals surface area contributed by atoms with Crippen LogP contribution in [0.3, 0.4) is 0 Å². The van der Waals surface area contributed by atoms with Crippen LogP contribution in [-0.2, 0) is 6.54 Å². The Labute approximate surface area is 103 Å². The molecule has 0 aromatic carbocycles. The van der Waals surface area contributed by atoms with Crippen molar-refractivity contribution in [3.63, 3.8) is 0 Å². The Morgan fingerprint density at radius 3 is 3.00 bits per heavy atom. The van der Waals surface area contributed by atoms with Crippen LogP contribution >= 0.6 is 27.3 Å². The number of thiophene rings is 1. The Kier molecular flexibility index (Phi) is 3.83. The molecule has 1 aliphatic rings. The Hall–Kier alpha value is 0.100. The Bertz CT molecular complexity index is 328. The first-order valence-electron chi connectivity index (χ1n) is 5.29. The van der Waals surface area contributed by atoms with Crippen LogP contribution in [0.4, 0.5) is 0 Å². The lowest BCUT2D eigenvalue weighted by Crippen LogP contribution is -2.30. The van der Waals surface area contributed by atoms with Crippen molar-refractivity contribution in [1.82, 2.24) is 4.90 Å². The number of halogens is 1. The van der Waals surface area contributed by atoms with E-state index >= 15 is 0 Å². The SMILES string of the molecule is CC1C(CO)CCN1Cc1sccc1Br. The number of nitrogens with zero attached hydrogens (tertiary/aromatic N) is 1. The molecule has 2 rings (SSSR count). The van der Waals surface area contributed by atoms with Crippen molar-refractivity contribution in [2.24, 2.45) is 5.92 Å². The van der Waals surface area contributed by atoms with Crippen LogP contribution in [0.2, 0.25) is 0 Å². The van der Waals surface area contributed by atoms with Crippen LogP contribution in [0, 0.1) is 5.92 Å². The first kappa shape index (κ1) is 11.6. The Morgan fingerprint density at radius 2 is 2.47 bits per heavy atom. The maximum absolute atomic E-state index is 9.20. The molecule has 84 valence electrons. The maximum atomic E-state index is 9.20. The van der Waals surface area contributed by atoms with Crippen molar-refractivity contribution in [2.45, 2.75) is 25.9 Å². The van der Waals surface area contributed by atoms with Crippen molar-refractivity contribution in [3.8, 4) is 0 Å². The molecule has 4 heteroatoms. The fourth-order valence-corrected chi connectivity index (χ4v) is 3.67. The lowest BCUT2D eigenvalue weighted by Gasteiger charge is -2.23. The van der Waals surface area contributed by atoms with Gasteiger partial charge in [0.1, 0.15) is 0 Å². The van der Waals surface area contributed by atoms with E-state index in [4.69, 9.17) is 0 Å². The van der Waals surface area contributed by atoms with Gasteiger partial charge < -0.3 is 5.11 Å². The summed E-state index contributed by atoms with van der Waals surface area (Å²) in [5.41, 5.74) is 0. The molecule has 2 heterocycles. The quantitative estimate of drug-likeness (QED) is 0.925. The lowest BCUT2D eigenvalue weighted by atomic mass is 10.0. The molecular formula is C11H16BrNOS. The molecule has 0 saturated carbocycles. The lowest BCUT2D eigenvalue weighted by molar-refractivity contribution is 0.173. The Balaban J connectivity index is 1.99. The van der Waals surface area contributed by atoms with Crippen LogP contribution in [-0.4, -0.2) is 29.2 Å². The van der Waals surface area contributed by atoms with Crippen molar-refractivity contribution in [1.29, 1.82) is 0 Å². The van der Waals surface area contributed by atoms with Crippen LogP contribution in [0.5, 0.6) is 0 Å². The molecule has 1 N–H and O–H groups in total. The van der Waals surface area contributed by atoms with E-state index in [9.17, 15) is 5.11 Å². The highest BCUT2D eigenvalue weighted by molar-refractivity contribution is 9.10. The standard InChI is InChI=1S/C11H16BrNOS/c1-8-9(7-14)2-4-13(8)6-11-10(12)3-5-15-11/h3,5,8-9,14H,2,4,6-7H2,1H3. The topological polar surface area (TPSA) is 23.5 Å². The second-order valence-electron chi connectivity index (χ2n) is 4.13. The van der Waals surface area contributed by atoms with Gasteiger partial charge in [-0.1, -0.05) is 0 Å². The highest BCUT2D eigenvalue weighted by atomic mass is 79.9. The second kappa shape index (κ2) is 4.95. The summed E-state index contributed by atoms with van der Waals surface area (Å²) in [7, 11) is 0. The molecule has 1 saturated heterocycles. The summed E-state index contributed by atoms with van der Waals surface area (Å²) < 4.78 is 1.21. The molecule has 2 nitrogen and oxygen atoms in total. The first-order chi connectivity index (χ1) is 7.22. The van der Waals surface area contributed by atoms with E-state index in [2.05, 4.69) is 39.2 Å².